The quantitative estimate of drug-likeness (QED) is 0.574. The second kappa shape index (κ2) is 7.11. The normalized spacial score (nSPS) is 17.5. The van der Waals surface area contributed by atoms with E-state index in [4.69, 9.17) is 21.3 Å². The standard InChI is InChI=1S/C18H21ClN2O2S/c1-13(15-6-4-3-5-7-15)20-17-21(10-11-23-14(2)22)16(12-24-17)18(19)8-9-18/h3-7,12-13H,8-11H2,1-2H3. The highest BCUT2D eigenvalue weighted by Crippen LogP contribution is 2.52. The molecule has 4 nitrogen and oxygen atoms in total. The number of nitrogens with zero attached hydrogens (tertiary/aromatic N) is 2. The van der Waals surface area contributed by atoms with E-state index in [1.54, 1.807) is 11.3 Å². The third-order valence-electron chi connectivity index (χ3n) is 4.15. The van der Waals surface area contributed by atoms with Crippen molar-refractivity contribution in [2.75, 3.05) is 6.61 Å². The van der Waals surface area contributed by atoms with Gasteiger partial charge in [0.1, 0.15) is 6.61 Å². The number of halogens is 1. The zero-order chi connectivity index (χ0) is 17.2. The van der Waals surface area contributed by atoms with Crippen LogP contribution in [0.3, 0.4) is 0 Å². The number of thiazole rings is 1. The van der Waals surface area contributed by atoms with E-state index < -0.39 is 0 Å². The van der Waals surface area contributed by atoms with Crippen molar-refractivity contribution >= 4 is 28.9 Å². The maximum atomic E-state index is 11.0. The fourth-order valence-corrected chi connectivity index (χ4v) is 4.04. The number of hydrogen-bond donors (Lipinski definition) is 0. The van der Waals surface area contributed by atoms with E-state index >= 15 is 0 Å². The van der Waals surface area contributed by atoms with Gasteiger partial charge < -0.3 is 9.30 Å². The first-order valence-electron chi connectivity index (χ1n) is 8.09. The van der Waals surface area contributed by atoms with Gasteiger partial charge in [0, 0.05) is 12.3 Å². The molecule has 1 fully saturated rings. The van der Waals surface area contributed by atoms with Crippen molar-refractivity contribution in [3.63, 3.8) is 0 Å². The maximum Gasteiger partial charge on any atom is 0.302 e. The fraction of sp³-hybridized carbons (Fsp3) is 0.444. The Balaban J connectivity index is 1.90. The number of ether oxygens (including phenoxy) is 1. The van der Waals surface area contributed by atoms with Crippen molar-refractivity contribution in [3.8, 4) is 0 Å². The lowest BCUT2D eigenvalue weighted by Crippen LogP contribution is -2.24. The summed E-state index contributed by atoms with van der Waals surface area (Å²) >= 11 is 8.22. The SMILES string of the molecule is CC(=O)OCCn1c(C2(Cl)CC2)csc1=NC(C)c1ccccc1. The summed E-state index contributed by atoms with van der Waals surface area (Å²) in [6, 6.07) is 10.3. The van der Waals surface area contributed by atoms with Crippen molar-refractivity contribution in [1.82, 2.24) is 4.57 Å². The summed E-state index contributed by atoms with van der Waals surface area (Å²) in [4.78, 5) is 16.6. The van der Waals surface area contributed by atoms with E-state index in [0.29, 0.717) is 13.2 Å². The lowest BCUT2D eigenvalue weighted by atomic mass is 10.1. The Labute approximate surface area is 150 Å². The van der Waals surface area contributed by atoms with Gasteiger partial charge in [0.2, 0.25) is 0 Å². The van der Waals surface area contributed by atoms with Gasteiger partial charge in [-0.3, -0.25) is 9.79 Å². The van der Waals surface area contributed by atoms with E-state index in [1.807, 2.05) is 18.2 Å². The van der Waals surface area contributed by atoms with E-state index in [-0.39, 0.29) is 16.9 Å². The Hall–Kier alpha value is -1.59. The molecule has 1 saturated carbocycles. The summed E-state index contributed by atoms with van der Waals surface area (Å²) in [6.07, 6.45) is 1.96. The summed E-state index contributed by atoms with van der Waals surface area (Å²) in [5.74, 6) is -0.268. The van der Waals surface area contributed by atoms with Gasteiger partial charge in [-0.25, -0.2) is 0 Å². The molecule has 1 aromatic heterocycles. The predicted molar refractivity (Wildman–Crippen MR) is 96.1 cm³/mol. The van der Waals surface area contributed by atoms with Gasteiger partial charge >= 0.3 is 5.97 Å². The molecule has 0 saturated heterocycles. The second-order valence-corrected chi connectivity index (χ2v) is 7.64. The molecule has 1 atom stereocenters. The largest absolute Gasteiger partial charge is 0.464 e. The van der Waals surface area contributed by atoms with E-state index in [0.717, 1.165) is 23.3 Å². The number of alkyl halides is 1. The fourth-order valence-electron chi connectivity index (χ4n) is 2.62. The molecule has 1 aliphatic rings. The minimum absolute atomic E-state index is 0.0585. The van der Waals surface area contributed by atoms with Crippen LogP contribution in [0, 0.1) is 0 Å². The third kappa shape index (κ3) is 3.90. The Bertz CT molecular complexity index is 778. The van der Waals surface area contributed by atoms with E-state index in [9.17, 15) is 4.79 Å². The van der Waals surface area contributed by atoms with Crippen LogP contribution in [0.15, 0.2) is 40.7 Å². The number of carbonyl (C=O) groups excluding carboxylic acids is 1. The van der Waals surface area contributed by atoms with Gasteiger partial charge in [0.15, 0.2) is 4.80 Å². The van der Waals surface area contributed by atoms with Crippen LogP contribution in [0.5, 0.6) is 0 Å². The van der Waals surface area contributed by atoms with Gasteiger partial charge in [0.25, 0.3) is 0 Å². The first-order valence-corrected chi connectivity index (χ1v) is 9.35. The molecule has 0 spiro atoms. The molecule has 0 N–H and O–H groups in total. The van der Waals surface area contributed by atoms with Crippen LogP contribution in [0.4, 0.5) is 0 Å². The molecule has 1 unspecified atom stereocenters. The minimum atomic E-state index is -0.268. The summed E-state index contributed by atoms with van der Waals surface area (Å²) in [6.45, 7) is 4.41. The summed E-state index contributed by atoms with van der Waals surface area (Å²) in [5.41, 5.74) is 2.26. The molecular weight excluding hydrogens is 344 g/mol. The van der Waals surface area contributed by atoms with Crippen LogP contribution in [0.25, 0.3) is 0 Å². The molecular formula is C18H21ClN2O2S. The van der Waals surface area contributed by atoms with Gasteiger partial charge in [-0.2, -0.15) is 0 Å². The molecule has 1 heterocycles. The van der Waals surface area contributed by atoms with E-state index in [1.165, 1.54) is 12.5 Å². The van der Waals surface area contributed by atoms with Gasteiger partial charge in [-0.15, -0.1) is 22.9 Å². The van der Waals surface area contributed by atoms with Crippen LogP contribution < -0.4 is 4.80 Å². The molecule has 24 heavy (non-hydrogen) atoms. The van der Waals surface area contributed by atoms with Crippen molar-refractivity contribution in [1.29, 1.82) is 0 Å². The number of esters is 1. The number of carbonyl (C=O) groups is 1. The van der Waals surface area contributed by atoms with Crippen LogP contribution in [-0.4, -0.2) is 17.1 Å². The second-order valence-electron chi connectivity index (χ2n) is 6.08. The third-order valence-corrected chi connectivity index (χ3v) is 5.60. The number of rotatable bonds is 6. The van der Waals surface area contributed by atoms with Gasteiger partial charge in [0.05, 0.1) is 23.2 Å². The van der Waals surface area contributed by atoms with Crippen LogP contribution in [-0.2, 0) is 21.0 Å². The van der Waals surface area contributed by atoms with E-state index in [2.05, 4.69) is 29.0 Å². The monoisotopic (exact) mass is 364 g/mol. The molecule has 1 aliphatic carbocycles. The lowest BCUT2D eigenvalue weighted by Gasteiger charge is -2.13. The Kier molecular flexibility index (Phi) is 5.11. The maximum absolute atomic E-state index is 11.0. The Morgan fingerprint density at radius 3 is 2.75 bits per heavy atom. The topological polar surface area (TPSA) is 43.6 Å². The minimum Gasteiger partial charge on any atom is -0.464 e. The van der Waals surface area contributed by atoms with Crippen LogP contribution >= 0.6 is 22.9 Å². The Morgan fingerprint density at radius 1 is 1.42 bits per heavy atom. The molecule has 0 bridgehead atoms. The first kappa shape index (κ1) is 17.2. The molecule has 0 radical (unpaired) electrons. The molecule has 2 aromatic rings. The zero-order valence-electron chi connectivity index (χ0n) is 13.9. The highest BCUT2D eigenvalue weighted by molar-refractivity contribution is 7.07. The molecule has 1 aromatic carbocycles. The molecule has 6 heteroatoms. The lowest BCUT2D eigenvalue weighted by molar-refractivity contribution is -0.141. The highest BCUT2D eigenvalue weighted by atomic mass is 35.5. The smallest absolute Gasteiger partial charge is 0.302 e. The average molecular weight is 365 g/mol. The first-order chi connectivity index (χ1) is 11.5. The van der Waals surface area contributed by atoms with Crippen molar-refractivity contribution in [3.05, 3.63) is 51.8 Å². The zero-order valence-corrected chi connectivity index (χ0v) is 15.4. The Morgan fingerprint density at radius 2 is 2.12 bits per heavy atom. The van der Waals surface area contributed by atoms with Gasteiger partial charge in [-0.05, 0) is 25.3 Å². The molecule has 128 valence electrons. The predicted octanol–water partition coefficient (Wildman–Crippen LogP) is 4.00. The van der Waals surface area contributed by atoms with Crippen molar-refractivity contribution in [2.24, 2.45) is 4.99 Å². The van der Waals surface area contributed by atoms with Crippen molar-refractivity contribution < 1.29 is 9.53 Å². The van der Waals surface area contributed by atoms with Crippen LogP contribution in [0.1, 0.15) is 44.0 Å². The number of benzene rings is 1. The molecule has 0 amide bonds. The average Bonchev–Trinajstić information content (AvgIpc) is 3.18. The summed E-state index contributed by atoms with van der Waals surface area (Å²) < 4.78 is 7.21. The number of aromatic nitrogens is 1. The molecule has 0 aliphatic heterocycles. The highest BCUT2D eigenvalue weighted by Gasteiger charge is 2.45. The van der Waals surface area contributed by atoms with Crippen LogP contribution in [0.2, 0.25) is 0 Å². The summed E-state index contributed by atoms with van der Waals surface area (Å²) in [7, 11) is 0. The van der Waals surface area contributed by atoms with Crippen molar-refractivity contribution in [2.45, 2.75) is 44.1 Å². The molecule has 3 rings (SSSR count). The summed E-state index contributed by atoms with van der Waals surface area (Å²) in [5, 5.41) is 2.09. The van der Waals surface area contributed by atoms with Gasteiger partial charge in [-0.1, -0.05) is 30.3 Å². The number of hydrogen-bond acceptors (Lipinski definition) is 4.